The molecule has 0 unspecified atom stereocenters. The number of nitrogens with one attached hydrogen (secondary N) is 1. The van der Waals surface area contributed by atoms with E-state index in [0.717, 1.165) is 5.75 Å². The van der Waals surface area contributed by atoms with Crippen molar-refractivity contribution < 1.29 is 9.53 Å². The third-order valence-corrected chi connectivity index (χ3v) is 2.54. The summed E-state index contributed by atoms with van der Waals surface area (Å²) < 4.78 is 5.03. The summed E-state index contributed by atoms with van der Waals surface area (Å²) in [5.41, 5.74) is 0.157. The van der Waals surface area contributed by atoms with Crippen molar-refractivity contribution in [3.8, 4) is 5.75 Å². The fourth-order valence-corrected chi connectivity index (χ4v) is 1.22. The van der Waals surface area contributed by atoms with E-state index >= 15 is 0 Å². The normalized spacial score (nSPS) is 11.2. The van der Waals surface area contributed by atoms with Crippen LogP contribution in [0.1, 0.15) is 24.2 Å². The number of hydrogen-bond acceptors (Lipinski definition) is 3. The Balaban J connectivity index is 2.92. The Hall–Kier alpha value is -1.35. The Bertz CT molecular complexity index is 341. The zero-order valence-electron chi connectivity index (χ0n) is 9.63. The highest BCUT2D eigenvalue weighted by Gasteiger charge is 2.26. The molecule has 0 aromatic heterocycles. The Kier molecular flexibility index (Phi) is 3.48. The first-order valence-electron chi connectivity index (χ1n) is 4.89. The topological polar surface area (TPSA) is 38.3 Å². The van der Waals surface area contributed by atoms with Crippen LogP contribution >= 0.6 is 0 Å². The minimum atomic E-state index is -0.533. The van der Waals surface area contributed by atoms with Gasteiger partial charge in [0.2, 0.25) is 0 Å². The average Bonchev–Trinajstić information content (AvgIpc) is 2.28. The molecule has 0 aliphatic carbocycles. The summed E-state index contributed by atoms with van der Waals surface area (Å²) in [5.74, 6) is 0.835. The highest BCUT2D eigenvalue weighted by Crippen LogP contribution is 2.16. The molecule has 0 aliphatic rings. The van der Waals surface area contributed by atoms with Gasteiger partial charge in [-0.3, -0.25) is 4.79 Å². The number of hydrogen-bond donors (Lipinski definition) is 1. The lowest BCUT2D eigenvalue weighted by molar-refractivity contribution is 0.0889. The average molecular weight is 207 g/mol. The van der Waals surface area contributed by atoms with Gasteiger partial charge in [-0.1, -0.05) is 0 Å². The van der Waals surface area contributed by atoms with Crippen LogP contribution in [-0.2, 0) is 0 Å². The molecule has 0 heterocycles. The fraction of sp³-hybridized carbons (Fsp3) is 0.417. The van der Waals surface area contributed by atoms with Crippen molar-refractivity contribution in [1.82, 2.24) is 5.32 Å². The van der Waals surface area contributed by atoms with Crippen molar-refractivity contribution in [2.75, 3.05) is 14.2 Å². The van der Waals surface area contributed by atoms with Crippen molar-refractivity contribution >= 4 is 5.78 Å². The van der Waals surface area contributed by atoms with Gasteiger partial charge in [-0.2, -0.15) is 0 Å². The van der Waals surface area contributed by atoms with Crippen LogP contribution in [0.25, 0.3) is 0 Å². The van der Waals surface area contributed by atoms with Gasteiger partial charge in [-0.25, -0.2) is 0 Å². The van der Waals surface area contributed by atoms with E-state index in [1.807, 2.05) is 13.8 Å². The first-order chi connectivity index (χ1) is 7.01. The molecule has 0 atom stereocenters. The minimum Gasteiger partial charge on any atom is -0.497 e. The number of rotatable bonds is 4. The predicted octanol–water partition coefficient (Wildman–Crippen LogP) is 1.88. The second-order valence-corrected chi connectivity index (χ2v) is 3.93. The molecule has 1 aromatic rings. The van der Waals surface area contributed by atoms with E-state index in [1.54, 1.807) is 38.4 Å². The molecular formula is C12H17NO2. The van der Waals surface area contributed by atoms with E-state index in [1.165, 1.54) is 0 Å². The quantitative estimate of drug-likeness (QED) is 0.766. The molecular weight excluding hydrogens is 190 g/mol. The Morgan fingerprint density at radius 3 is 2.20 bits per heavy atom. The molecule has 0 bridgehead atoms. The van der Waals surface area contributed by atoms with Gasteiger partial charge in [0, 0.05) is 5.56 Å². The summed E-state index contributed by atoms with van der Waals surface area (Å²) in [7, 11) is 3.38. The highest BCUT2D eigenvalue weighted by atomic mass is 16.5. The van der Waals surface area contributed by atoms with Gasteiger partial charge in [0.1, 0.15) is 5.75 Å². The molecule has 0 saturated carbocycles. The molecule has 0 aliphatic heterocycles. The highest BCUT2D eigenvalue weighted by molar-refractivity contribution is 6.02. The Morgan fingerprint density at radius 1 is 1.27 bits per heavy atom. The number of benzene rings is 1. The van der Waals surface area contributed by atoms with Crippen molar-refractivity contribution in [3.05, 3.63) is 29.8 Å². The monoisotopic (exact) mass is 207 g/mol. The molecule has 82 valence electrons. The summed E-state index contributed by atoms with van der Waals surface area (Å²) >= 11 is 0. The second-order valence-electron chi connectivity index (χ2n) is 3.93. The summed E-state index contributed by atoms with van der Waals surface area (Å²) in [5, 5.41) is 2.99. The number of likely N-dealkylation sites (N-methyl/N-ethyl adjacent to an activating group) is 1. The van der Waals surface area contributed by atoms with Crippen LogP contribution in [0.3, 0.4) is 0 Å². The van der Waals surface area contributed by atoms with Gasteiger partial charge >= 0.3 is 0 Å². The largest absolute Gasteiger partial charge is 0.497 e. The molecule has 3 heteroatoms. The van der Waals surface area contributed by atoms with Crippen LogP contribution < -0.4 is 10.1 Å². The van der Waals surface area contributed by atoms with E-state index in [9.17, 15) is 4.79 Å². The van der Waals surface area contributed by atoms with Crippen molar-refractivity contribution in [2.24, 2.45) is 0 Å². The van der Waals surface area contributed by atoms with Crippen LogP contribution in [-0.4, -0.2) is 25.5 Å². The number of carbonyl (C=O) groups excluding carboxylic acids is 1. The smallest absolute Gasteiger partial charge is 0.182 e. The van der Waals surface area contributed by atoms with Crippen LogP contribution in [0, 0.1) is 0 Å². The van der Waals surface area contributed by atoms with Crippen molar-refractivity contribution in [3.63, 3.8) is 0 Å². The third-order valence-electron chi connectivity index (χ3n) is 2.54. The van der Waals surface area contributed by atoms with Crippen LogP contribution in [0.4, 0.5) is 0 Å². The lowest BCUT2D eigenvalue weighted by atomic mass is 9.93. The number of carbonyl (C=O) groups is 1. The number of Topliss-reactive ketones (excluding diaryl/α,β-unsaturated/α-hetero) is 1. The maximum atomic E-state index is 12.0. The van der Waals surface area contributed by atoms with E-state index < -0.39 is 5.54 Å². The number of methoxy groups -OCH3 is 1. The van der Waals surface area contributed by atoms with Crippen LogP contribution in [0.2, 0.25) is 0 Å². The van der Waals surface area contributed by atoms with E-state index in [-0.39, 0.29) is 5.78 Å². The molecule has 3 nitrogen and oxygen atoms in total. The minimum absolute atomic E-state index is 0.0765. The lowest BCUT2D eigenvalue weighted by Crippen LogP contribution is -2.44. The zero-order valence-corrected chi connectivity index (χ0v) is 9.63. The first-order valence-corrected chi connectivity index (χ1v) is 4.89. The van der Waals surface area contributed by atoms with Crippen molar-refractivity contribution in [1.29, 1.82) is 0 Å². The number of ether oxygens (including phenoxy) is 1. The fourth-order valence-electron chi connectivity index (χ4n) is 1.22. The third kappa shape index (κ3) is 2.57. The van der Waals surface area contributed by atoms with E-state index in [4.69, 9.17) is 4.74 Å². The summed E-state index contributed by atoms with van der Waals surface area (Å²) in [6.07, 6.45) is 0. The van der Waals surface area contributed by atoms with Gasteiger partial charge in [0.05, 0.1) is 12.6 Å². The van der Waals surface area contributed by atoms with Gasteiger partial charge in [0.15, 0.2) is 5.78 Å². The van der Waals surface area contributed by atoms with Gasteiger partial charge < -0.3 is 10.1 Å². The molecule has 0 radical (unpaired) electrons. The molecule has 15 heavy (non-hydrogen) atoms. The summed E-state index contributed by atoms with van der Waals surface area (Å²) in [6.45, 7) is 3.72. The molecule has 1 N–H and O–H groups in total. The summed E-state index contributed by atoms with van der Waals surface area (Å²) in [4.78, 5) is 12.0. The Morgan fingerprint density at radius 2 is 1.80 bits per heavy atom. The summed E-state index contributed by atoms with van der Waals surface area (Å²) in [6, 6.07) is 7.14. The van der Waals surface area contributed by atoms with Gasteiger partial charge in [-0.05, 0) is 45.2 Å². The lowest BCUT2D eigenvalue weighted by Gasteiger charge is -2.22. The van der Waals surface area contributed by atoms with E-state index in [0.29, 0.717) is 5.56 Å². The van der Waals surface area contributed by atoms with Gasteiger partial charge in [0.25, 0.3) is 0 Å². The van der Waals surface area contributed by atoms with Crippen molar-refractivity contribution in [2.45, 2.75) is 19.4 Å². The Labute approximate surface area is 90.4 Å². The predicted molar refractivity (Wildman–Crippen MR) is 60.5 cm³/mol. The first kappa shape index (κ1) is 11.7. The van der Waals surface area contributed by atoms with E-state index in [2.05, 4.69) is 5.32 Å². The van der Waals surface area contributed by atoms with Gasteiger partial charge in [-0.15, -0.1) is 0 Å². The maximum absolute atomic E-state index is 12.0. The van der Waals surface area contributed by atoms with Crippen LogP contribution in [0.5, 0.6) is 5.75 Å². The maximum Gasteiger partial charge on any atom is 0.182 e. The molecule has 1 aromatic carbocycles. The SMILES string of the molecule is CNC(C)(C)C(=O)c1ccc(OC)cc1. The van der Waals surface area contributed by atoms with Crippen LogP contribution in [0.15, 0.2) is 24.3 Å². The molecule has 0 saturated heterocycles. The number of ketones is 1. The second kappa shape index (κ2) is 4.45. The molecule has 1 rings (SSSR count). The molecule has 0 fully saturated rings. The standard InChI is InChI=1S/C12H17NO2/c1-12(2,13-3)11(14)9-5-7-10(15-4)8-6-9/h5-8,13H,1-4H3. The molecule has 0 amide bonds. The molecule has 0 spiro atoms. The zero-order chi connectivity index (χ0) is 11.5.